The molecule has 104 valence electrons. The maximum atomic E-state index is 12.4. The van der Waals surface area contributed by atoms with Crippen molar-refractivity contribution in [2.24, 2.45) is 5.92 Å². The molecule has 1 aliphatic rings. The second kappa shape index (κ2) is 5.07. The van der Waals surface area contributed by atoms with Crippen molar-refractivity contribution < 1.29 is 9.72 Å². The highest BCUT2D eigenvalue weighted by atomic mass is 16.6. The summed E-state index contributed by atoms with van der Waals surface area (Å²) in [6, 6.07) is 4.83. The Balaban J connectivity index is 1.98. The van der Waals surface area contributed by atoms with Crippen molar-refractivity contribution in [3.63, 3.8) is 0 Å². The topological polar surface area (TPSA) is 76.0 Å². The number of hydrogen-bond donors (Lipinski definition) is 1. The van der Waals surface area contributed by atoms with Crippen molar-refractivity contribution in [2.75, 3.05) is 0 Å². The van der Waals surface area contributed by atoms with E-state index in [1.165, 1.54) is 18.9 Å². The van der Waals surface area contributed by atoms with Gasteiger partial charge in [-0.05, 0) is 12.0 Å². The normalized spacial score (nSPS) is 15.8. The van der Waals surface area contributed by atoms with Gasteiger partial charge in [-0.25, -0.2) is 0 Å². The summed E-state index contributed by atoms with van der Waals surface area (Å²) in [6.45, 7) is 0. The van der Waals surface area contributed by atoms with Gasteiger partial charge in [-0.3, -0.25) is 14.9 Å². The zero-order valence-electron chi connectivity index (χ0n) is 11.1. The van der Waals surface area contributed by atoms with E-state index in [0.717, 1.165) is 12.8 Å². The summed E-state index contributed by atoms with van der Waals surface area (Å²) in [4.78, 5) is 26.1. The Morgan fingerprint density at radius 1 is 1.35 bits per heavy atom. The molecule has 0 spiro atoms. The molecule has 0 bridgehead atoms. The number of non-ortho nitro benzene ring substituents is 1. The minimum absolute atomic E-state index is 0.00137. The molecular weight excluding hydrogens is 256 g/mol. The van der Waals surface area contributed by atoms with Crippen molar-refractivity contribution in [1.82, 2.24) is 4.98 Å². The van der Waals surface area contributed by atoms with E-state index in [9.17, 15) is 14.9 Å². The fourth-order valence-electron chi connectivity index (χ4n) is 3.12. The van der Waals surface area contributed by atoms with Crippen LogP contribution in [0.1, 0.15) is 42.5 Å². The van der Waals surface area contributed by atoms with Crippen LogP contribution in [0.5, 0.6) is 0 Å². The first-order valence-corrected chi connectivity index (χ1v) is 6.94. The largest absolute Gasteiger partial charge is 0.360 e. The average Bonchev–Trinajstić information content (AvgIpc) is 3.06. The summed E-state index contributed by atoms with van der Waals surface area (Å²) in [5.74, 6) is 0.452. The molecule has 0 saturated heterocycles. The van der Waals surface area contributed by atoms with Crippen molar-refractivity contribution in [2.45, 2.75) is 32.1 Å². The highest BCUT2D eigenvalue weighted by molar-refractivity contribution is 6.11. The van der Waals surface area contributed by atoms with Crippen LogP contribution in [0, 0.1) is 16.0 Å². The summed E-state index contributed by atoms with van der Waals surface area (Å²) in [7, 11) is 0. The van der Waals surface area contributed by atoms with Crippen molar-refractivity contribution >= 4 is 22.4 Å². The molecule has 2 aromatic rings. The number of aromatic amines is 1. The molecular formula is C15H16N2O3. The van der Waals surface area contributed by atoms with Gasteiger partial charge in [-0.15, -0.1) is 0 Å². The monoisotopic (exact) mass is 272 g/mol. The van der Waals surface area contributed by atoms with Gasteiger partial charge in [-0.2, -0.15) is 0 Å². The Hall–Kier alpha value is -2.17. The van der Waals surface area contributed by atoms with E-state index in [4.69, 9.17) is 0 Å². The lowest BCUT2D eigenvalue weighted by atomic mass is 9.96. The number of ketones is 1. The van der Waals surface area contributed by atoms with Crippen LogP contribution in [-0.4, -0.2) is 15.7 Å². The van der Waals surface area contributed by atoms with E-state index < -0.39 is 4.92 Å². The molecule has 1 aromatic carbocycles. The minimum Gasteiger partial charge on any atom is -0.360 e. The fourth-order valence-corrected chi connectivity index (χ4v) is 3.12. The van der Waals surface area contributed by atoms with Gasteiger partial charge in [0.05, 0.1) is 15.8 Å². The minimum atomic E-state index is -0.428. The number of rotatable bonds is 4. The number of nitrogens with zero attached hydrogens (tertiary/aromatic N) is 1. The highest BCUT2D eigenvalue weighted by Gasteiger charge is 2.24. The molecule has 0 atom stereocenters. The van der Waals surface area contributed by atoms with Crippen LogP contribution in [0.2, 0.25) is 0 Å². The number of nitro benzene ring substituents is 1. The maximum Gasteiger partial charge on any atom is 0.279 e. The number of hydrogen-bond acceptors (Lipinski definition) is 3. The van der Waals surface area contributed by atoms with Gasteiger partial charge < -0.3 is 4.98 Å². The molecule has 0 radical (unpaired) electrons. The number of fused-ring (bicyclic) bond motifs is 1. The Morgan fingerprint density at radius 2 is 2.10 bits per heavy atom. The molecule has 3 rings (SSSR count). The highest BCUT2D eigenvalue weighted by Crippen LogP contribution is 2.33. The van der Waals surface area contributed by atoms with Gasteiger partial charge in [0.15, 0.2) is 5.78 Å². The molecule has 0 amide bonds. The zero-order valence-corrected chi connectivity index (χ0v) is 11.1. The van der Waals surface area contributed by atoms with Crippen molar-refractivity contribution in [3.8, 4) is 0 Å². The number of aromatic nitrogens is 1. The number of nitrogens with one attached hydrogen (secondary N) is 1. The zero-order chi connectivity index (χ0) is 14.1. The number of benzene rings is 1. The van der Waals surface area contributed by atoms with Gasteiger partial charge in [-0.1, -0.05) is 31.7 Å². The van der Waals surface area contributed by atoms with Crippen LogP contribution < -0.4 is 0 Å². The van der Waals surface area contributed by atoms with Crippen LogP contribution in [0.3, 0.4) is 0 Å². The summed E-state index contributed by atoms with van der Waals surface area (Å²) in [5, 5.41) is 11.6. The van der Waals surface area contributed by atoms with Gasteiger partial charge in [0, 0.05) is 24.2 Å². The molecule has 1 aromatic heterocycles. The Bertz CT molecular complexity index is 669. The van der Waals surface area contributed by atoms with Crippen LogP contribution in [0.4, 0.5) is 5.69 Å². The number of Topliss-reactive ketones (excluding diaryl/α,β-unsaturated/α-hetero) is 1. The lowest BCUT2D eigenvalue weighted by molar-refractivity contribution is -0.383. The Morgan fingerprint density at radius 3 is 2.80 bits per heavy atom. The third-order valence-corrected chi connectivity index (χ3v) is 4.13. The van der Waals surface area contributed by atoms with E-state index in [-0.39, 0.29) is 11.5 Å². The third-order valence-electron chi connectivity index (χ3n) is 4.13. The molecule has 5 nitrogen and oxygen atoms in total. The number of H-pyrrole nitrogens is 1. The van der Waals surface area contributed by atoms with E-state index >= 15 is 0 Å². The summed E-state index contributed by atoms with van der Waals surface area (Å²) in [5.41, 5.74) is 1.10. The van der Waals surface area contributed by atoms with E-state index in [2.05, 4.69) is 4.98 Å². The third kappa shape index (κ3) is 2.19. The number of carbonyl (C=O) groups excluding carboxylic acids is 1. The van der Waals surface area contributed by atoms with E-state index in [1.54, 1.807) is 18.3 Å². The van der Waals surface area contributed by atoms with Gasteiger partial charge in [0.25, 0.3) is 5.69 Å². The first-order valence-electron chi connectivity index (χ1n) is 6.94. The van der Waals surface area contributed by atoms with Gasteiger partial charge in [0.1, 0.15) is 0 Å². The molecule has 0 aliphatic heterocycles. The van der Waals surface area contributed by atoms with Crippen LogP contribution >= 0.6 is 0 Å². The van der Waals surface area contributed by atoms with Crippen molar-refractivity contribution in [1.29, 1.82) is 0 Å². The lowest BCUT2D eigenvalue weighted by Gasteiger charge is -2.06. The Labute approximate surface area is 116 Å². The molecule has 1 N–H and O–H groups in total. The van der Waals surface area contributed by atoms with Gasteiger partial charge in [0.2, 0.25) is 0 Å². The summed E-state index contributed by atoms with van der Waals surface area (Å²) >= 11 is 0. The fraction of sp³-hybridized carbons (Fsp3) is 0.400. The van der Waals surface area contributed by atoms with Gasteiger partial charge >= 0.3 is 0 Å². The number of carbonyl (C=O) groups is 1. The molecule has 1 aliphatic carbocycles. The van der Waals surface area contributed by atoms with E-state index in [1.807, 2.05) is 0 Å². The second-order valence-electron chi connectivity index (χ2n) is 5.44. The first-order chi connectivity index (χ1) is 9.66. The summed E-state index contributed by atoms with van der Waals surface area (Å²) in [6.07, 6.45) is 6.66. The first kappa shape index (κ1) is 12.8. The predicted molar refractivity (Wildman–Crippen MR) is 75.9 cm³/mol. The average molecular weight is 272 g/mol. The van der Waals surface area contributed by atoms with E-state index in [0.29, 0.717) is 28.8 Å². The Kier molecular flexibility index (Phi) is 3.26. The number of nitro groups is 1. The molecule has 0 unspecified atom stereocenters. The van der Waals surface area contributed by atoms with Crippen LogP contribution in [-0.2, 0) is 0 Å². The standard InChI is InChI=1S/C15H16N2O3/c18-14(8-10-4-1-2-5-10)11-9-16-12-6-3-7-13(15(11)12)17(19)20/h3,6-7,9-10,16H,1-2,4-5,8H2. The quantitative estimate of drug-likeness (QED) is 0.522. The maximum absolute atomic E-state index is 12.4. The smallest absolute Gasteiger partial charge is 0.279 e. The lowest BCUT2D eigenvalue weighted by Crippen LogP contribution is -2.05. The second-order valence-corrected chi connectivity index (χ2v) is 5.44. The van der Waals surface area contributed by atoms with Crippen molar-refractivity contribution in [3.05, 3.63) is 40.1 Å². The molecule has 1 fully saturated rings. The molecule has 1 saturated carbocycles. The van der Waals surface area contributed by atoms with Crippen LogP contribution in [0.25, 0.3) is 10.9 Å². The molecule has 20 heavy (non-hydrogen) atoms. The molecule has 1 heterocycles. The summed E-state index contributed by atoms with van der Waals surface area (Å²) < 4.78 is 0. The molecule has 5 heteroatoms. The van der Waals surface area contributed by atoms with Crippen LogP contribution in [0.15, 0.2) is 24.4 Å². The SMILES string of the molecule is O=C(CC1CCCC1)c1c[nH]c2cccc([N+](=O)[O-])c12. The predicted octanol–water partition coefficient (Wildman–Crippen LogP) is 3.84.